The van der Waals surface area contributed by atoms with E-state index in [1.54, 1.807) is 11.3 Å². The number of pyridine rings is 1. The van der Waals surface area contributed by atoms with E-state index >= 15 is 0 Å². The number of thiazole rings is 1. The van der Waals surface area contributed by atoms with Gasteiger partial charge in [-0.15, -0.1) is 22.7 Å². The van der Waals surface area contributed by atoms with Gasteiger partial charge in [0.2, 0.25) is 5.91 Å². The highest BCUT2D eigenvalue weighted by Gasteiger charge is 2.26. The molecule has 0 radical (unpaired) electrons. The fraction of sp³-hybridized carbons (Fsp3) is 0.333. The molecule has 0 aromatic carbocycles. The Kier molecular flexibility index (Phi) is 5.73. The van der Waals surface area contributed by atoms with Crippen LogP contribution in [0.5, 0.6) is 0 Å². The van der Waals surface area contributed by atoms with Gasteiger partial charge in [0.15, 0.2) is 0 Å². The number of hydrogen-bond acceptors (Lipinski definition) is 6. The van der Waals surface area contributed by atoms with Crippen molar-refractivity contribution in [3.63, 3.8) is 0 Å². The Bertz CT molecular complexity index is 1040. The van der Waals surface area contributed by atoms with Crippen LogP contribution in [0.25, 0.3) is 0 Å². The van der Waals surface area contributed by atoms with E-state index in [9.17, 15) is 9.59 Å². The van der Waals surface area contributed by atoms with Crippen LogP contribution in [0, 0.1) is 13.8 Å². The molecule has 0 unspecified atom stereocenters. The molecule has 29 heavy (non-hydrogen) atoms. The molecule has 0 aliphatic carbocycles. The van der Waals surface area contributed by atoms with Gasteiger partial charge in [0.05, 0.1) is 11.4 Å². The van der Waals surface area contributed by atoms with Crippen LogP contribution in [0.1, 0.15) is 42.8 Å². The molecule has 6 nitrogen and oxygen atoms in total. The van der Waals surface area contributed by atoms with E-state index in [-0.39, 0.29) is 11.8 Å². The van der Waals surface area contributed by atoms with Crippen molar-refractivity contribution < 1.29 is 9.59 Å². The van der Waals surface area contributed by atoms with Gasteiger partial charge < -0.3 is 10.2 Å². The maximum Gasteiger partial charge on any atom is 0.273 e. The first-order valence-corrected chi connectivity index (χ1v) is 11.2. The molecule has 1 N–H and O–H groups in total. The summed E-state index contributed by atoms with van der Waals surface area (Å²) >= 11 is 3.07. The summed E-state index contributed by atoms with van der Waals surface area (Å²) in [4.78, 5) is 36.7. The van der Waals surface area contributed by atoms with Crippen LogP contribution in [0.3, 0.4) is 0 Å². The summed E-state index contributed by atoms with van der Waals surface area (Å²) in [7, 11) is 0. The Labute approximate surface area is 177 Å². The van der Waals surface area contributed by atoms with Crippen LogP contribution in [0.4, 0.5) is 0 Å². The Balaban J connectivity index is 1.46. The summed E-state index contributed by atoms with van der Waals surface area (Å²) in [5.74, 6) is -0.0256. The lowest BCUT2D eigenvalue weighted by Crippen LogP contribution is -2.37. The number of hydrogen-bond donors (Lipinski definition) is 1. The molecule has 150 valence electrons. The first-order chi connectivity index (χ1) is 14.0. The number of thiophene rings is 1. The van der Waals surface area contributed by atoms with Gasteiger partial charge in [-0.25, -0.2) is 4.98 Å². The molecular formula is C21H22N4O2S2. The second kappa shape index (κ2) is 8.42. The zero-order chi connectivity index (χ0) is 20.4. The van der Waals surface area contributed by atoms with Crippen LogP contribution >= 0.6 is 22.7 Å². The van der Waals surface area contributed by atoms with Gasteiger partial charge in [-0.1, -0.05) is 6.07 Å². The zero-order valence-electron chi connectivity index (χ0n) is 16.4. The Hall–Kier alpha value is -2.58. The molecular weight excluding hydrogens is 404 g/mol. The number of carbonyl (C=O) groups is 2. The molecule has 3 aromatic heterocycles. The largest absolute Gasteiger partial charge is 0.352 e. The summed E-state index contributed by atoms with van der Waals surface area (Å²) < 4.78 is 0. The van der Waals surface area contributed by atoms with Crippen LogP contribution in [-0.2, 0) is 30.7 Å². The van der Waals surface area contributed by atoms with Crippen LogP contribution in [-0.4, -0.2) is 33.2 Å². The molecule has 0 spiro atoms. The topological polar surface area (TPSA) is 75.2 Å². The first kappa shape index (κ1) is 19.7. The van der Waals surface area contributed by atoms with Crippen molar-refractivity contribution in [3.8, 4) is 0 Å². The molecule has 4 heterocycles. The van der Waals surface area contributed by atoms with Crippen molar-refractivity contribution in [2.24, 2.45) is 0 Å². The first-order valence-electron chi connectivity index (χ1n) is 9.48. The molecule has 8 heteroatoms. The molecule has 1 aliphatic heterocycles. The van der Waals surface area contributed by atoms with Crippen LogP contribution < -0.4 is 5.32 Å². The fourth-order valence-electron chi connectivity index (χ4n) is 3.57. The second-order valence-corrected chi connectivity index (χ2v) is 9.18. The van der Waals surface area contributed by atoms with Crippen molar-refractivity contribution in [3.05, 3.63) is 67.1 Å². The summed E-state index contributed by atoms with van der Waals surface area (Å²) in [5, 5.41) is 7.71. The summed E-state index contributed by atoms with van der Waals surface area (Å²) in [6, 6.07) is 3.92. The number of aromatic nitrogens is 2. The Morgan fingerprint density at radius 2 is 2.14 bits per heavy atom. The van der Waals surface area contributed by atoms with E-state index in [0.29, 0.717) is 31.7 Å². The van der Waals surface area contributed by atoms with Gasteiger partial charge in [0.25, 0.3) is 5.91 Å². The number of fused-ring (bicyclic) bond motifs is 1. The minimum absolute atomic E-state index is 0.0102. The molecule has 3 aromatic rings. The lowest BCUT2D eigenvalue weighted by Gasteiger charge is -2.30. The van der Waals surface area contributed by atoms with Crippen molar-refractivity contribution in [2.75, 3.05) is 6.54 Å². The average molecular weight is 427 g/mol. The fourth-order valence-corrected chi connectivity index (χ4v) is 4.86. The second-order valence-electron chi connectivity index (χ2n) is 7.09. The lowest BCUT2D eigenvalue weighted by atomic mass is 9.94. The Morgan fingerprint density at radius 3 is 2.86 bits per heavy atom. The van der Waals surface area contributed by atoms with E-state index in [4.69, 9.17) is 0 Å². The van der Waals surface area contributed by atoms with Gasteiger partial charge >= 0.3 is 0 Å². The SMILES string of the molecule is Cc1nc(C(=O)N2CCc3c(cnc(C)c3CNC(=O)Cc3cccs3)C2)cs1. The summed E-state index contributed by atoms with van der Waals surface area (Å²) in [5.41, 5.74) is 4.75. The standard InChI is InChI=1S/C21H22N4O2S2/c1-13-18(10-23-20(26)8-16-4-3-7-28-16)17-5-6-25(11-15(17)9-22-13)21(27)19-12-29-14(2)24-19/h3-4,7,9,12H,5-6,8,10-11H2,1-2H3,(H,23,26). The van der Waals surface area contributed by atoms with Crippen molar-refractivity contribution in [1.82, 2.24) is 20.2 Å². The van der Waals surface area contributed by atoms with Crippen LogP contribution in [0.15, 0.2) is 29.1 Å². The van der Waals surface area contributed by atoms with Gasteiger partial charge in [0, 0.05) is 41.8 Å². The predicted octanol–water partition coefficient (Wildman–Crippen LogP) is 3.27. The molecule has 0 fully saturated rings. The van der Waals surface area contributed by atoms with Crippen molar-refractivity contribution in [2.45, 2.75) is 39.8 Å². The number of aryl methyl sites for hydroxylation is 2. The maximum atomic E-state index is 12.7. The number of nitrogens with zero attached hydrogens (tertiary/aromatic N) is 3. The third kappa shape index (κ3) is 4.38. The normalized spacial score (nSPS) is 13.2. The average Bonchev–Trinajstić information content (AvgIpc) is 3.38. The molecule has 0 saturated carbocycles. The van der Waals surface area contributed by atoms with E-state index in [1.165, 1.54) is 16.9 Å². The molecule has 2 amide bonds. The third-order valence-electron chi connectivity index (χ3n) is 5.10. The highest BCUT2D eigenvalue weighted by Crippen LogP contribution is 2.25. The maximum absolute atomic E-state index is 12.7. The predicted molar refractivity (Wildman–Crippen MR) is 114 cm³/mol. The zero-order valence-corrected chi connectivity index (χ0v) is 18.0. The lowest BCUT2D eigenvalue weighted by molar-refractivity contribution is -0.120. The van der Waals surface area contributed by atoms with E-state index in [0.717, 1.165) is 33.1 Å². The van der Waals surface area contributed by atoms with Gasteiger partial charge in [-0.2, -0.15) is 0 Å². The number of rotatable bonds is 5. The molecule has 0 bridgehead atoms. The summed E-state index contributed by atoms with van der Waals surface area (Å²) in [6.45, 7) is 5.50. The van der Waals surface area contributed by atoms with Crippen LogP contribution in [0.2, 0.25) is 0 Å². The third-order valence-corrected chi connectivity index (χ3v) is 6.75. The van der Waals surface area contributed by atoms with E-state index in [2.05, 4.69) is 15.3 Å². The monoisotopic (exact) mass is 426 g/mol. The number of amides is 2. The minimum atomic E-state index is -0.0358. The molecule has 0 saturated heterocycles. The molecule has 0 atom stereocenters. The number of carbonyl (C=O) groups excluding carboxylic acids is 2. The summed E-state index contributed by atoms with van der Waals surface area (Å²) in [6.07, 6.45) is 3.01. The van der Waals surface area contributed by atoms with Gasteiger partial charge in [0.1, 0.15) is 5.69 Å². The van der Waals surface area contributed by atoms with Crippen molar-refractivity contribution in [1.29, 1.82) is 0 Å². The van der Waals surface area contributed by atoms with E-state index in [1.807, 2.05) is 47.8 Å². The van der Waals surface area contributed by atoms with Gasteiger partial charge in [-0.05, 0) is 48.4 Å². The van der Waals surface area contributed by atoms with Gasteiger partial charge in [-0.3, -0.25) is 14.6 Å². The molecule has 4 rings (SSSR count). The minimum Gasteiger partial charge on any atom is -0.352 e. The number of nitrogens with one attached hydrogen (secondary N) is 1. The quantitative estimate of drug-likeness (QED) is 0.679. The highest BCUT2D eigenvalue weighted by atomic mass is 32.1. The molecule has 1 aliphatic rings. The van der Waals surface area contributed by atoms with E-state index < -0.39 is 0 Å². The van der Waals surface area contributed by atoms with Crippen molar-refractivity contribution >= 4 is 34.5 Å². The highest BCUT2D eigenvalue weighted by molar-refractivity contribution is 7.10. The Morgan fingerprint density at radius 1 is 1.28 bits per heavy atom. The smallest absolute Gasteiger partial charge is 0.273 e.